The molecule has 8 nitrogen and oxygen atoms in total. The second-order valence-corrected chi connectivity index (χ2v) is 9.24. The number of hydrogen-bond acceptors (Lipinski definition) is 5. The predicted molar refractivity (Wildman–Crippen MR) is 139 cm³/mol. The van der Waals surface area contributed by atoms with Gasteiger partial charge in [-0.05, 0) is 24.6 Å². The molecule has 0 fully saturated rings. The van der Waals surface area contributed by atoms with Crippen molar-refractivity contribution in [2.24, 2.45) is 16.6 Å². The van der Waals surface area contributed by atoms with E-state index in [1.807, 2.05) is 0 Å². The van der Waals surface area contributed by atoms with E-state index in [0.29, 0.717) is 27.5 Å². The number of para-hydroxylation sites is 1. The van der Waals surface area contributed by atoms with Gasteiger partial charge in [0.1, 0.15) is 5.82 Å². The molecule has 202 valence electrons. The van der Waals surface area contributed by atoms with Crippen molar-refractivity contribution < 1.29 is 27.6 Å². The highest BCUT2D eigenvalue weighted by atomic mass is 35.5. The number of alkyl halides is 3. The smallest absolute Gasteiger partial charge is 0.370 e. The maximum absolute atomic E-state index is 13.9. The summed E-state index contributed by atoms with van der Waals surface area (Å²) < 4.78 is 38.7. The van der Waals surface area contributed by atoms with Gasteiger partial charge in [-0.2, -0.15) is 13.2 Å². The molecule has 0 aliphatic carbocycles. The molecule has 3 amide bonds. The third-order valence-electron chi connectivity index (χ3n) is 5.97. The van der Waals surface area contributed by atoms with Crippen molar-refractivity contribution in [3.8, 4) is 0 Å². The van der Waals surface area contributed by atoms with Crippen LogP contribution in [0.5, 0.6) is 0 Å². The Labute approximate surface area is 226 Å². The van der Waals surface area contributed by atoms with E-state index in [1.165, 1.54) is 23.2 Å². The van der Waals surface area contributed by atoms with Crippen molar-refractivity contribution in [1.82, 2.24) is 10.3 Å². The molecule has 12 heteroatoms. The number of fused-ring (bicyclic) bond motifs is 1. The standard InChI is InChI=1S/C27H23ClF3N5O3/c28-18-10-11-22(33-15-18)36-20-9-5-4-8-19(20)23(16-6-2-1-3-7-16)34-24(26(36)39)35-25(38)17(14-21(32)37)12-13-27(29,30)31/h1-11,15,17,24H,12-14H2,(H2,32,37)(H,35,38)/t17-,24-/m1/s1. The van der Waals surface area contributed by atoms with Crippen LogP contribution in [-0.2, 0) is 14.4 Å². The molecule has 2 heterocycles. The zero-order valence-corrected chi connectivity index (χ0v) is 21.1. The maximum Gasteiger partial charge on any atom is 0.389 e. The molecule has 0 saturated heterocycles. The number of nitrogens with two attached hydrogens (primary N) is 1. The number of aliphatic imine (C=N–C) groups is 1. The highest BCUT2D eigenvalue weighted by Crippen LogP contribution is 2.33. The number of halogens is 4. The fraction of sp³-hybridized carbons (Fsp3) is 0.222. The highest BCUT2D eigenvalue weighted by molar-refractivity contribution is 6.30. The van der Waals surface area contributed by atoms with E-state index in [-0.39, 0.29) is 5.82 Å². The largest absolute Gasteiger partial charge is 0.389 e. The fourth-order valence-electron chi connectivity index (χ4n) is 4.18. The molecule has 39 heavy (non-hydrogen) atoms. The van der Waals surface area contributed by atoms with Gasteiger partial charge >= 0.3 is 6.18 Å². The Morgan fingerprint density at radius 1 is 1.05 bits per heavy atom. The molecule has 1 aliphatic rings. The van der Waals surface area contributed by atoms with E-state index in [9.17, 15) is 27.6 Å². The summed E-state index contributed by atoms with van der Waals surface area (Å²) in [4.78, 5) is 48.7. The summed E-state index contributed by atoms with van der Waals surface area (Å²) in [5.41, 5.74) is 7.17. The van der Waals surface area contributed by atoms with Crippen LogP contribution in [0, 0.1) is 5.92 Å². The molecule has 2 atom stereocenters. The minimum Gasteiger partial charge on any atom is -0.370 e. The number of carbonyl (C=O) groups is 3. The van der Waals surface area contributed by atoms with Gasteiger partial charge in [0.05, 0.1) is 16.4 Å². The van der Waals surface area contributed by atoms with Gasteiger partial charge in [-0.1, -0.05) is 60.1 Å². The number of primary amides is 1. The van der Waals surface area contributed by atoms with E-state index >= 15 is 0 Å². The zero-order valence-electron chi connectivity index (χ0n) is 20.4. The molecular weight excluding hydrogens is 535 g/mol. The predicted octanol–water partition coefficient (Wildman–Crippen LogP) is 4.53. The lowest BCUT2D eigenvalue weighted by Crippen LogP contribution is -2.48. The second kappa shape index (κ2) is 11.6. The van der Waals surface area contributed by atoms with Crippen LogP contribution in [-0.4, -0.2) is 40.8 Å². The Morgan fingerprint density at radius 3 is 2.38 bits per heavy atom. The van der Waals surface area contributed by atoms with Crippen molar-refractivity contribution in [3.05, 3.63) is 89.1 Å². The monoisotopic (exact) mass is 557 g/mol. The average Bonchev–Trinajstić information content (AvgIpc) is 3.01. The number of anilines is 2. The summed E-state index contributed by atoms with van der Waals surface area (Å²) in [6.45, 7) is 0. The number of aromatic nitrogens is 1. The third-order valence-corrected chi connectivity index (χ3v) is 6.20. The van der Waals surface area contributed by atoms with E-state index in [1.54, 1.807) is 54.6 Å². The summed E-state index contributed by atoms with van der Waals surface area (Å²) in [7, 11) is 0. The van der Waals surface area contributed by atoms with Gasteiger partial charge in [-0.25, -0.2) is 9.98 Å². The zero-order chi connectivity index (χ0) is 28.2. The summed E-state index contributed by atoms with van der Waals surface area (Å²) >= 11 is 5.99. The van der Waals surface area contributed by atoms with Crippen molar-refractivity contribution >= 4 is 46.5 Å². The first kappa shape index (κ1) is 27.8. The second-order valence-electron chi connectivity index (χ2n) is 8.80. The number of benzodiazepines with no additional fused rings is 1. The summed E-state index contributed by atoms with van der Waals surface area (Å²) in [5.74, 6) is -3.85. The van der Waals surface area contributed by atoms with Gasteiger partial charge in [0.2, 0.25) is 18.0 Å². The lowest BCUT2D eigenvalue weighted by molar-refractivity contribution is -0.143. The lowest BCUT2D eigenvalue weighted by atomic mass is 9.97. The number of rotatable bonds is 8. The first-order chi connectivity index (χ1) is 18.5. The van der Waals surface area contributed by atoms with E-state index in [0.717, 1.165) is 0 Å². The maximum atomic E-state index is 13.9. The third kappa shape index (κ3) is 6.80. The van der Waals surface area contributed by atoms with Crippen molar-refractivity contribution in [2.75, 3.05) is 4.90 Å². The number of nitrogens with one attached hydrogen (secondary N) is 1. The fourth-order valence-corrected chi connectivity index (χ4v) is 4.29. The van der Waals surface area contributed by atoms with Crippen molar-refractivity contribution in [2.45, 2.75) is 31.6 Å². The van der Waals surface area contributed by atoms with Crippen LogP contribution in [0.1, 0.15) is 30.4 Å². The summed E-state index contributed by atoms with van der Waals surface area (Å²) in [6.07, 6.45) is -7.37. The van der Waals surface area contributed by atoms with Crippen LogP contribution in [0.2, 0.25) is 5.02 Å². The average molecular weight is 558 g/mol. The van der Waals surface area contributed by atoms with Crippen LogP contribution >= 0.6 is 11.6 Å². The molecule has 3 aromatic rings. The van der Waals surface area contributed by atoms with Crippen LogP contribution in [0.4, 0.5) is 24.7 Å². The first-order valence-corrected chi connectivity index (χ1v) is 12.2. The van der Waals surface area contributed by atoms with E-state index in [4.69, 9.17) is 17.3 Å². The Morgan fingerprint density at radius 2 is 1.74 bits per heavy atom. The highest BCUT2D eigenvalue weighted by Gasteiger charge is 2.37. The minimum atomic E-state index is -4.55. The van der Waals surface area contributed by atoms with Crippen molar-refractivity contribution in [3.63, 3.8) is 0 Å². The number of pyridine rings is 1. The van der Waals surface area contributed by atoms with Gasteiger partial charge in [0, 0.05) is 36.1 Å². The Balaban J connectivity index is 1.79. The molecule has 1 aromatic heterocycles. The van der Waals surface area contributed by atoms with Crippen LogP contribution in [0.3, 0.4) is 0 Å². The number of benzene rings is 2. The molecule has 0 spiro atoms. The lowest BCUT2D eigenvalue weighted by Gasteiger charge is -2.25. The molecule has 4 rings (SSSR count). The van der Waals surface area contributed by atoms with E-state index < -0.39 is 55.2 Å². The Hall–Kier alpha value is -4.25. The quantitative estimate of drug-likeness (QED) is 0.423. The topological polar surface area (TPSA) is 118 Å². The summed E-state index contributed by atoms with van der Waals surface area (Å²) in [5, 5.41) is 2.78. The van der Waals surface area contributed by atoms with Crippen LogP contribution < -0.4 is 16.0 Å². The molecule has 1 aliphatic heterocycles. The summed E-state index contributed by atoms with van der Waals surface area (Å²) in [6, 6.07) is 18.9. The van der Waals surface area contributed by atoms with Crippen molar-refractivity contribution in [1.29, 1.82) is 0 Å². The Kier molecular flexibility index (Phi) is 8.29. The van der Waals surface area contributed by atoms with E-state index in [2.05, 4.69) is 15.3 Å². The van der Waals surface area contributed by atoms with Gasteiger partial charge in [-0.15, -0.1) is 0 Å². The molecule has 2 aromatic carbocycles. The Bertz CT molecular complexity index is 1400. The normalized spacial score (nSPS) is 16.1. The van der Waals surface area contributed by atoms with Gasteiger partial charge in [-0.3, -0.25) is 19.3 Å². The molecule has 3 N–H and O–H groups in total. The minimum absolute atomic E-state index is 0.186. The van der Waals surface area contributed by atoms with Crippen LogP contribution in [0.25, 0.3) is 0 Å². The molecule has 0 bridgehead atoms. The number of hydrogen-bond donors (Lipinski definition) is 2. The molecule has 0 unspecified atom stereocenters. The molecule has 0 saturated carbocycles. The number of nitrogens with zero attached hydrogens (tertiary/aromatic N) is 3. The number of amides is 3. The molecule has 0 radical (unpaired) electrons. The van der Waals surface area contributed by atoms with Crippen LogP contribution in [0.15, 0.2) is 77.9 Å². The number of carbonyl (C=O) groups excluding carboxylic acids is 3. The van der Waals surface area contributed by atoms with Gasteiger partial charge in [0.25, 0.3) is 5.91 Å². The molecular formula is C27H23ClF3N5O3. The first-order valence-electron chi connectivity index (χ1n) is 11.9. The SMILES string of the molecule is NC(=O)C[C@@H](CCC(F)(F)F)C(=O)N[C@H]1N=C(c2ccccc2)c2ccccc2N(c2ccc(Cl)cn2)C1=O. The van der Waals surface area contributed by atoms with Gasteiger partial charge < -0.3 is 11.1 Å². The van der Waals surface area contributed by atoms with Gasteiger partial charge in [0.15, 0.2) is 0 Å².